The monoisotopic (exact) mass is 287 g/mol. The fourth-order valence-electron chi connectivity index (χ4n) is 1.15. The van der Waals surface area contributed by atoms with Crippen LogP contribution in [0.1, 0.15) is 11.1 Å². The minimum absolute atomic E-state index is 0.446. The van der Waals surface area contributed by atoms with Crippen molar-refractivity contribution in [2.24, 2.45) is 0 Å². The van der Waals surface area contributed by atoms with E-state index in [1.807, 2.05) is 19.1 Å². The summed E-state index contributed by atoms with van der Waals surface area (Å²) >= 11 is 2.21. The average molecular weight is 287 g/mol. The van der Waals surface area contributed by atoms with E-state index in [4.69, 9.17) is 10.00 Å². The number of nitriles is 1. The van der Waals surface area contributed by atoms with Gasteiger partial charge in [-0.1, -0.05) is 6.07 Å². The Morgan fingerprint density at radius 3 is 2.77 bits per heavy atom. The van der Waals surface area contributed by atoms with Crippen LogP contribution in [-0.4, -0.2) is 7.11 Å². The summed E-state index contributed by atoms with van der Waals surface area (Å²) in [6.45, 7) is 2.01. The van der Waals surface area contributed by atoms with Gasteiger partial charge in [-0.15, -0.1) is 0 Å². The lowest BCUT2D eigenvalue weighted by Gasteiger charge is -2.09. The first-order valence-corrected chi connectivity index (χ1v) is 4.97. The molecule has 0 aromatic heterocycles. The first-order chi connectivity index (χ1) is 6.20. The minimum atomic E-state index is 0.446. The van der Waals surface area contributed by atoms with Crippen LogP contribution in [0.15, 0.2) is 12.1 Å². The molecule has 0 aliphatic carbocycles. The van der Waals surface area contributed by atoms with Gasteiger partial charge in [0.1, 0.15) is 5.75 Å². The predicted octanol–water partition coefficient (Wildman–Crippen LogP) is 2.67. The van der Waals surface area contributed by atoms with E-state index in [2.05, 4.69) is 28.7 Å². The number of rotatable bonds is 2. The van der Waals surface area contributed by atoms with Crippen molar-refractivity contribution in [2.75, 3.05) is 7.11 Å². The summed E-state index contributed by atoms with van der Waals surface area (Å²) in [5, 5.41) is 8.64. The number of hydrogen-bond donors (Lipinski definition) is 0. The highest BCUT2D eigenvalue weighted by molar-refractivity contribution is 14.1. The van der Waals surface area contributed by atoms with Crippen molar-refractivity contribution in [3.8, 4) is 11.8 Å². The van der Waals surface area contributed by atoms with Gasteiger partial charge in [-0.05, 0) is 46.7 Å². The molecule has 0 unspecified atom stereocenters. The molecule has 1 aromatic rings. The number of ether oxygens (including phenoxy) is 1. The van der Waals surface area contributed by atoms with Gasteiger partial charge in [-0.25, -0.2) is 0 Å². The highest BCUT2D eigenvalue weighted by atomic mass is 127. The summed E-state index contributed by atoms with van der Waals surface area (Å²) in [7, 11) is 1.64. The smallest absolute Gasteiger partial charge is 0.132 e. The van der Waals surface area contributed by atoms with Crippen LogP contribution in [0, 0.1) is 21.8 Å². The van der Waals surface area contributed by atoms with E-state index in [1.165, 1.54) is 0 Å². The lowest BCUT2D eigenvalue weighted by atomic mass is 10.1. The number of nitrogens with zero attached hydrogens (tertiary/aromatic N) is 1. The first-order valence-electron chi connectivity index (χ1n) is 3.89. The van der Waals surface area contributed by atoms with Gasteiger partial charge in [0.15, 0.2) is 0 Å². The van der Waals surface area contributed by atoms with Gasteiger partial charge in [0.05, 0.1) is 23.2 Å². The van der Waals surface area contributed by atoms with Crippen LogP contribution in [0.5, 0.6) is 5.75 Å². The van der Waals surface area contributed by atoms with Gasteiger partial charge >= 0.3 is 0 Å². The van der Waals surface area contributed by atoms with E-state index < -0.39 is 0 Å². The second kappa shape index (κ2) is 4.47. The van der Waals surface area contributed by atoms with Gasteiger partial charge in [0.2, 0.25) is 0 Å². The zero-order valence-electron chi connectivity index (χ0n) is 7.60. The molecule has 1 aromatic carbocycles. The number of methoxy groups -OCH3 is 1. The van der Waals surface area contributed by atoms with Crippen LogP contribution in [0.4, 0.5) is 0 Å². The largest absolute Gasteiger partial charge is 0.496 e. The van der Waals surface area contributed by atoms with E-state index in [-0.39, 0.29) is 0 Å². The van der Waals surface area contributed by atoms with E-state index >= 15 is 0 Å². The molecule has 13 heavy (non-hydrogen) atoms. The second-order valence-electron chi connectivity index (χ2n) is 2.71. The molecule has 0 saturated heterocycles. The zero-order valence-corrected chi connectivity index (χ0v) is 9.75. The molecule has 0 aliphatic rings. The van der Waals surface area contributed by atoms with Crippen LogP contribution in [0.25, 0.3) is 0 Å². The van der Waals surface area contributed by atoms with E-state index in [9.17, 15) is 0 Å². The minimum Gasteiger partial charge on any atom is -0.496 e. The van der Waals surface area contributed by atoms with Crippen molar-refractivity contribution in [1.82, 2.24) is 0 Å². The van der Waals surface area contributed by atoms with Crippen LogP contribution >= 0.6 is 22.6 Å². The molecule has 0 atom stereocenters. The topological polar surface area (TPSA) is 33.0 Å². The molecule has 0 aliphatic heterocycles. The van der Waals surface area contributed by atoms with E-state index in [1.54, 1.807) is 7.11 Å². The molecule has 0 spiro atoms. The Balaban J connectivity index is 3.23. The van der Waals surface area contributed by atoms with Crippen molar-refractivity contribution in [3.05, 3.63) is 26.8 Å². The van der Waals surface area contributed by atoms with Gasteiger partial charge < -0.3 is 4.74 Å². The maximum absolute atomic E-state index is 8.64. The fourth-order valence-corrected chi connectivity index (χ4v) is 2.17. The zero-order chi connectivity index (χ0) is 9.84. The van der Waals surface area contributed by atoms with Crippen molar-refractivity contribution in [1.29, 1.82) is 5.26 Å². The Kier molecular flexibility index (Phi) is 3.55. The van der Waals surface area contributed by atoms with Crippen LogP contribution in [0.2, 0.25) is 0 Å². The molecule has 0 bridgehead atoms. The van der Waals surface area contributed by atoms with Crippen LogP contribution in [0.3, 0.4) is 0 Å². The third-order valence-electron chi connectivity index (χ3n) is 1.92. The maximum Gasteiger partial charge on any atom is 0.132 e. The van der Waals surface area contributed by atoms with Crippen molar-refractivity contribution in [2.45, 2.75) is 13.3 Å². The molecule has 0 radical (unpaired) electrons. The normalized spacial score (nSPS) is 9.38. The Morgan fingerprint density at radius 2 is 2.23 bits per heavy atom. The van der Waals surface area contributed by atoms with E-state index in [0.717, 1.165) is 20.4 Å². The molecule has 68 valence electrons. The van der Waals surface area contributed by atoms with E-state index in [0.29, 0.717) is 6.42 Å². The molecule has 0 fully saturated rings. The summed E-state index contributed by atoms with van der Waals surface area (Å²) < 4.78 is 6.21. The van der Waals surface area contributed by atoms with Crippen molar-refractivity contribution in [3.63, 3.8) is 0 Å². The molecule has 2 nitrogen and oxygen atoms in total. The lowest BCUT2D eigenvalue weighted by molar-refractivity contribution is 0.411. The molecule has 3 heteroatoms. The number of aryl methyl sites for hydroxylation is 1. The van der Waals surface area contributed by atoms with Crippen LogP contribution in [-0.2, 0) is 6.42 Å². The Hall–Kier alpha value is -0.760. The summed E-state index contributed by atoms with van der Waals surface area (Å²) in [6, 6.07) is 6.06. The third kappa shape index (κ3) is 2.13. The Morgan fingerprint density at radius 1 is 1.54 bits per heavy atom. The average Bonchev–Trinajstić information content (AvgIpc) is 2.12. The van der Waals surface area contributed by atoms with Crippen molar-refractivity contribution >= 4 is 22.6 Å². The van der Waals surface area contributed by atoms with Gasteiger partial charge in [-0.2, -0.15) is 5.26 Å². The third-order valence-corrected chi connectivity index (χ3v) is 3.10. The highest BCUT2D eigenvalue weighted by Gasteiger charge is 2.08. The SMILES string of the molecule is COc1ccc(C)c(CC#N)c1I. The number of benzene rings is 1. The molecule has 0 saturated carbocycles. The molecular weight excluding hydrogens is 277 g/mol. The van der Waals surface area contributed by atoms with Gasteiger partial charge in [0, 0.05) is 0 Å². The Bertz CT molecular complexity index is 355. The summed E-state index contributed by atoms with van der Waals surface area (Å²) in [5.41, 5.74) is 2.22. The molecule has 1 rings (SSSR count). The fraction of sp³-hybridized carbons (Fsp3) is 0.300. The number of hydrogen-bond acceptors (Lipinski definition) is 2. The first kappa shape index (κ1) is 10.3. The van der Waals surface area contributed by atoms with Crippen molar-refractivity contribution < 1.29 is 4.74 Å². The van der Waals surface area contributed by atoms with Gasteiger partial charge in [-0.3, -0.25) is 0 Å². The molecular formula is C10H10INO. The highest BCUT2D eigenvalue weighted by Crippen LogP contribution is 2.26. The molecule has 0 amide bonds. The predicted molar refractivity (Wildman–Crippen MR) is 59.8 cm³/mol. The van der Waals surface area contributed by atoms with Gasteiger partial charge in [0.25, 0.3) is 0 Å². The summed E-state index contributed by atoms with van der Waals surface area (Å²) in [4.78, 5) is 0. The lowest BCUT2D eigenvalue weighted by Crippen LogP contribution is -1.96. The standard InChI is InChI=1S/C10H10INO/c1-7-3-4-9(13-2)10(11)8(7)5-6-12/h3-4H,5H2,1-2H3. The summed E-state index contributed by atoms with van der Waals surface area (Å²) in [6.07, 6.45) is 0.446. The number of halogens is 1. The molecule has 0 heterocycles. The summed E-state index contributed by atoms with van der Waals surface area (Å²) in [5.74, 6) is 0.844. The Labute approximate surface area is 91.7 Å². The maximum atomic E-state index is 8.64. The van der Waals surface area contributed by atoms with Crippen LogP contribution < -0.4 is 4.74 Å². The second-order valence-corrected chi connectivity index (χ2v) is 3.79. The quantitative estimate of drug-likeness (QED) is 0.783. The molecule has 0 N–H and O–H groups in total.